The largest absolute Gasteiger partial charge is 0.306 e. The SMILES string of the molecule is Cn1cc(C#N)c(NC(=O)Cn2cccn2)n1. The van der Waals surface area contributed by atoms with Gasteiger partial charge in [0.05, 0.1) is 0 Å². The van der Waals surface area contributed by atoms with Crippen molar-refractivity contribution in [3.63, 3.8) is 0 Å². The minimum atomic E-state index is -0.274. The summed E-state index contributed by atoms with van der Waals surface area (Å²) >= 11 is 0. The number of amides is 1. The standard InChI is InChI=1S/C10H10N6O/c1-15-6-8(5-11)10(14-15)13-9(17)7-16-4-2-3-12-16/h2-4,6H,7H2,1H3,(H,13,14,17). The Morgan fingerprint density at radius 3 is 3.12 bits per heavy atom. The van der Waals surface area contributed by atoms with Crippen LogP contribution in [0.3, 0.4) is 0 Å². The van der Waals surface area contributed by atoms with Gasteiger partial charge >= 0.3 is 0 Å². The zero-order valence-corrected chi connectivity index (χ0v) is 9.16. The first-order valence-electron chi connectivity index (χ1n) is 4.90. The monoisotopic (exact) mass is 230 g/mol. The van der Waals surface area contributed by atoms with Crippen molar-refractivity contribution in [2.45, 2.75) is 6.54 Å². The predicted octanol–water partition coefficient (Wildman–Crippen LogP) is 0.127. The smallest absolute Gasteiger partial charge is 0.247 e. The molecule has 17 heavy (non-hydrogen) atoms. The van der Waals surface area contributed by atoms with E-state index in [1.165, 1.54) is 9.36 Å². The number of hydrogen-bond acceptors (Lipinski definition) is 4. The zero-order valence-electron chi connectivity index (χ0n) is 9.16. The van der Waals surface area contributed by atoms with Crippen molar-refractivity contribution in [3.8, 4) is 6.07 Å². The molecule has 86 valence electrons. The van der Waals surface area contributed by atoms with Crippen molar-refractivity contribution in [2.24, 2.45) is 7.05 Å². The zero-order chi connectivity index (χ0) is 12.3. The van der Waals surface area contributed by atoms with E-state index in [1.54, 1.807) is 31.7 Å². The Balaban J connectivity index is 2.06. The van der Waals surface area contributed by atoms with Crippen LogP contribution in [0.5, 0.6) is 0 Å². The lowest BCUT2D eigenvalue weighted by Gasteiger charge is -2.02. The number of nitriles is 1. The van der Waals surface area contributed by atoms with Crippen LogP contribution in [0.2, 0.25) is 0 Å². The van der Waals surface area contributed by atoms with Crippen LogP contribution in [0.25, 0.3) is 0 Å². The quantitative estimate of drug-likeness (QED) is 0.811. The van der Waals surface area contributed by atoms with Crippen molar-refractivity contribution in [3.05, 3.63) is 30.2 Å². The molecule has 0 spiro atoms. The summed E-state index contributed by atoms with van der Waals surface area (Å²) in [4.78, 5) is 11.6. The molecule has 2 aromatic heterocycles. The first-order valence-corrected chi connectivity index (χ1v) is 4.90. The second-order valence-electron chi connectivity index (χ2n) is 3.43. The summed E-state index contributed by atoms with van der Waals surface area (Å²) < 4.78 is 2.96. The van der Waals surface area contributed by atoms with Crippen LogP contribution in [0.1, 0.15) is 5.56 Å². The molecule has 1 amide bonds. The summed E-state index contributed by atoms with van der Waals surface area (Å²) in [6, 6.07) is 3.69. The number of anilines is 1. The molecule has 0 aliphatic heterocycles. The molecule has 0 saturated heterocycles. The van der Waals surface area contributed by atoms with Gasteiger partial charge in [-0.05, 0) is 6.07 Å². The van der Waals surface area contributed by atoms with Crippen LogP contribution in [-0.2, 0) is 18.4 Å². The molecule has 7 heteroatoms. The Morgan fingerprint density at radius 2 is 2.47 bits per heavy atom. The van der Waals surface area contributed by atoms with Crippen LogP contribution in [0, 0.1) is 11.3 Å². The van der Waals surface area contributed by atoms with Gasteiger partial charge < -0.3 is 5.32 Å². The van der Waals surface area contributed by atoms with Crippen molar-refractivity contribution >= 4 is 11.7 Å². The van der Waals surface area contributed by atoms with E-state index in [4.69, 9.17) is 5.26 Å². The fourth-order valence-corrected chi connectivity index (χ4v) is 1.38. The number of hydrogen-bond donors (Lipinski definition) is 1. The van der Waals surface area contributed by atoms with Crippen molar-refractivity contribution in [2.75, 3.05) is 5.32 Å². The fourth-order valence-electron chi connectivity index (χ4n) is 1.38. The number of carbonyl (C=O) groups excluding carboxylic acids is 1. The first kappa shape index (κ1) is 10.9. The van der Waals surface area contributed by atoms with Crippen molar-refractivity contribution in [1.29, 1.82) is 5.26 Å². The Bertz CT molecular complexity index is 562. The fraction of sp³-hybridized carbons (Fsp3) is 0.200. The van der Waals surface area contributed by atoms with E-state index >= 15 is 0 Å². The van der Waals surface area contributed by atoms with Crippen LogP contribution in [0.15, 0.2) is 24.7 Å². The van der Waals surface area contributed by atoms with Gasteiger partial charge in [-0.2, -0.15) is 15.5 Å². The summed E-state index contributed by atoms with van der Waals surface area (Å²) in [6.07, 6.45) is 4.82. The van der Waals surface area contributed by atoms with Gasteiger partial charge in [-0.3, -0.25) is 14.2 Å². The maximum Gasteiger partial charge on any atom is 0.247 e. The van der Waals surface area contributed by atoms with Crippen LogP contribution in [-0.4, -0.2) is 25.5 Å². The molecule has 2 heterocycles. The Kier molecular flexibility index (Phi) is 2.87. The molecular formula is C10H10N6O. The Hall–Kier alpha value is -2.62. The summed E-state index contributed by atoms with van der Waals surface area (Å²) in [5.41, 5.74) is 0.335. The average Bonchev–Trinajstić information content (AvgIpc) is 2.88. The van der Waals surface area contributed by atoms with E-state index < -0.39 is 0 Å². The van der Waals surface area contributed by atoms with Crippen molar-refractivity contribution in [1.82, 2.24) is 19.6 Å². The second-order valence-corrected chi connectivity index (χ2v) is 3.43. The number of nitrogens with one attached hydrogen (secondary N) is 1. The topological polar surface area (TPSA) is 88.5 Å². The lowest BCUT2D eigenvalue weighted by Crippen LogP contribution is -2.19. The maximum atomic E-state index is 11.6. The van der Waals surface area contributed by atoms with Crippen LogP contribution >= 0.6 is 0 Å². The molecule has 1 N–H and O–H groups in total. The van der Waals surface area contributed by atoms with Gasteiger partial charge in [0.15, 0.2) is 5.82 Å². The van der Waals surface area contributed by atoms with E-state index in [0.717, 1.165) is 0 Å². The van der Waals surface area contributed by atoms with Gasteiger partial charge in [-0.1, -0.05) is 0 Å². The van der Waals surface area contributed by atoms with E-state index in [-0.39, 0.29) is 18.3 Å². The molecule has 0 aliphatic rings. The third-order valence-electron chi connectivity index (χ3n) is 2.07. The minimum Gasteiger partial charge on any atom is -0.306 e. The van der Waals surface area contributed by atoms with Gasteiger partial charge in [0.1, 0.15) is 18.2 Å². The molecule has 0 radical (unpaired) electrons. The minimum absolute atomic E-state index is 0.0917. The highest BCUT2D eigenvalue weighted by Crippen LogP contribution is 2.10. The molecule has 0 atom stereocenters. The van der Waals surface area contributed by atoms with E-state index in [2.05, 4.69) is 15.5 Å². The molecule has 0 aliphatic carbocycles. The average molecular weight is 230 g/mol. The molecular weight excluding hydrogens is 220 g/mol. The van der Waals surface area contributed by atoms with Crippen LogP contribution in [0.4, 0.5) is 5.82 Å². The molecule has 0 unspecified atom stereocenters. The molecule has 0 aromatic carbocycles. The highest BCUT2D eigenvalue weighted by atomic mass is 16.2. The second kappa shape index (κ2) is 4.49. The normalized spacial score (nSPS) is 9.88. The van der Waals surface area contributed by atoms with Gasteiger partial charge in [0, 0.05) is 25.6 Å². The third kappa shape index (κ3) is 2.49. The van der Waals surface area contributed by atoms with E-state index in [9.17, 15) is 4.79 Å². The Morgan fingerprint density at radius 1 is 1.65 bits per heavy atom. The molecule has 2 rings (SSSR count). The maximum absolute atomic E-state index is 11.6. The van der Waals surface area contributed by atoms with Gasteiger partial charge in [0.25, 0.3) is 0 Å². The van der Waals surface area contributed by atoms with Crippen molar-refractivity contribution < 1.29 is 4.79 Å². The summed E-state index contributed by atoms with van der Waals surface area (Å²) in [5, 5.41) is 19.3. The highest BCUT2D eigenvalue weighted by Gasteiger charge is 2.11. The summed E-state index contributed by atoms with van der Waals surface area (Å²) in [7, 11) is 1.68. The first-order chi connectivity index (χ1) is 8.19. The number of nitrogens with zero attached hydrogens (tertiary/aromatic N) is 5. The number of aromatic nitrogens is 4. The van der Waals surface area contributed by atoms with Gasteiger partial charge in [0.2, 0.25) is 5.91 Å². The van der Waals surface area contributed by atoms with E-state index in [0.29, 0.717) is 5.56 Å². The molecule has 2 aromatic rings. The molecule has 7 nitrogen and oxygen atoms in total. The molecule has 0 bridgehead atoms. The highest BCUT2D eigenvalue weighted by molar-refractivity contribution is 5.90. The molecule has 0 saturated carbocycles. The molecule has 0 fully saturated rings. The number of carbonyl (C=O) groups is 1. The summed E-state index contributed by atoms with van der Waals surface area (Å²) in [5.74, 6) is -0.00365. The summed E-state index contributed by atoms with van der Waals surface area (Å²) in [6.45, 7) is 0.0917. The number of rotatable bonds is 3. The number of aryl methyl sites for hydroxylation is 1. The van der Waals surface area contributed by atoms with Gasteiger partial charge in [-0.15, -0.1) is 0 Å². The predicted molar refractivity (Wildman–Crippen MR) is 58.8 cm³/mol. The van der Waals surface area contributed by atoms with Crippen LogP contribution < -0.4 is 5.32 Å². The lowest BCUT2D eigenvalue weighted by atomic mass is 10.3. The lowest BCUT2D eigenvalue weighted by molar-refractivity contribution is -0.116. The van der Waals surface area contributed by atoms with E-state index in [1.807, 2.05) is 6.07 Å². The third-order valence-corrected chi connectivity index (χ3v) is 2.07. The Labute approximate surface area is 97.3 Å². The van der Waals surface area contributed by atoms with Gasteiger partial charge in [-0.25, -0.2) is 0 Å².